The smallest absolute Gasteiger partial charge is 0.0410 e. The van der Waals surface area contributed by atoms with Gasteiger partial charge in [0.15, 0.2) is 0 Å². The van der Waals surface area contributed by atoms with E-state index in [0.717, 1.165) is 16.9 Å². The molecule has 0 spiro atoms. The predicted molar refractivity (Wildman–Crippen MR) is 95.4 cm³/mol. The Bertz CT molecular complexity index is 449. The average molecular weight is 326 g/mol. The molecule has 1 atom stereocenters. The number of nitrogens with one attached hydrogen (secondary N) is 1. The quantitative estimate of drug-likeness (QED) is 0.696. The van der Waals surface area contributed by atoms with Crippen LogP contribution in [0.15, 0.2) is 23.1 Å². The first kappa shape index (κ1) is 17.2. The summed E-state index contributed by atoms with van der Waals surface area (Å²) in [7, 11) is 0. The molecule has 0 aliphatic carbocycles. The fourth-order valence-corrected chi connectivity index (χ4v) is 4.48. The van der Waals surface area contributed by atoms with Gasteiger partial charge in [-0.1, -0.05) is 39.3 Å². The van der Waals surface area contributed by atoms with Crippen LogP contribution in [0.3, 0.4) is 0 Å². The number of fused-ring (bicyclic) bond motifs is 1. The molecule has 1 nitrogen and oxygen atoms in total. The average Bonchev–Trinajstić information content (AvgIpc) is 2.38. The Balaban J connectivity index is 2.12. The number of benzene rings is 1. The first-order valence-electron chi connectivity index (χ1n) is 8.14. The second-order valence-corrected chi connectivity index (χ2v) is 8.57. The van der Waals surface area contributed by atoms with Gasteiger partial charge in [-0.2, -0.15) is 0 Å². The van der Waals surface area contributed by atoms with Gasteiger partial charge in [0.2, 0.25) is 0 Å². The molecule has 3 heteroatoms. The van der Waals surface area contributed by atoms with E-state index in [1.807, 2.05) is 17.8 Å². The highest BCUT2D eigenvalue weighted by Gasteiger charge is 2.24. The lowest BCUT2D eigenvalue weighted by Crippen LogP contribution is -2.36. The normalized spacial score (nSPS) is 18.6. The van der Waals surface area contributed by atoms with Gasteiger partial charge in [0.05, 0.1) is 0 Å². The van der Waals surface area contributed by atoms with Crippen LogP contribution in [0.5, 0.6) is 0 Å². The van der Waals surface area contributed by atoms with Crippen molar-refractivity contribution in [3.8, 4) is 0 Å². The van der Waals surface area contributed by atoms with Gasteiger partial charge >= 0.3 is 0 Å². The van der Waals surface area contributed by atoms with Crippen LogP contribution in [-0.2, 0) is 0 Å². The monoisotopic (exact) mass is 325 g/mol. The van der Waals surface area contributed by atoms with Gasteiger partial charge in [-0.25, -0.2) is 0 Å². The Hall–Kier alpha value is -0.180. The van der Waals surface area contributed by atoms with Crippen LogP contribution < -0.4 is 5.32 Å². The van der Waals surface area contributed by atoms with Crippen molar-refractivity contribution in [2.24, 2.45) is 11.8 Å². The van der Waals surface area contributed by atoms with Crippen LogP contribution in [0.25, 0.3) is 0 Å². The molecule has 1 N–H and O–H groups in total. The maximum atomic E-state index is 6.21. The van der Waals surface area contributed by atoms with Crippen molar-refractivity contribution < 1.29 is 0 Å². The highest BCUT2D eigenvalue weighted by Crippen LogP contribution is 2.38. The van der Waals surface area contributed by atoms with Crippen molar-refractivity contribution in [2.75, 3.05) is 5.75 Å². The summed E-state index contributed by atoms with van der Waals surface area (Å²) in [5.41, 5.74) is 1.40. The van der Waals surface area contributed by atoms with Gasteiger partial charge in [-0.05, 0) is 60.6 Å². The van der Waals surface area contributed by atoms with E-state index in [4.69, 9.17) is 11.6 Å². The van der Waals surface area contributed by atoms with E-state index in [9.17, 15) is 0 Å². The van der Waals surface area contributed by atoms with Gasteiger partial charge in [-0.15, -0.1) is 11.8 Å². The lowest BCUT2D eigenvalue weighted by atomic mass is 9.93. The van der Waals surface area contributed by atoms with Gasteiger partial charge in [0, 0.05) is 22.0 Å². The molecule has 1 heterocycles. The Morgan fingerprint density at radius 1 is 1.19 bits per heavy atom. The summed E-state index contributed by atoms with van der Waals surface area (Å²) in [6.07, 6.45) is 3.69. The van der Waals surface area contributed by atoms with E-state index in [-0.39, 0.29) is 0 Å². The third-order valence-electron chi connectivity index (χ3n) is 3.96. The van der Waals surface area contributed by atoms with Crippen LogP contribution in [0, 0.1) is 11.8 Å². The van der Waals surface area contributed by atoms with Crippen LogP contribution >= 0.6 is 23.4 Å². The number of hydrogen-bond acceptors (Lipinski definition) is 2. The summed E-state index contributed by atoms with van der Waals surface area (Å²) >= 11 is 8.17. The van der Waals surface area contributed by atoms with E-state index < -0.39 is 0 Å². The first-order chi connectivity index (χ1) is 9.95. The largest absolute Gasteiger partial charge is 0.307 e. The van der Waals surface area contributed by atoms with E-state index in [1.165, 1.54) is 35.5 Å². The van der Waals surface area contributed by atoms with Crippen molar-refractivity contribution in [2.45, 2.75) is 63.9 Å². The zero-order chi connectivity index (χ0) is 15.4. The molecule has 1 aromatic rings. The van der Waals surface area contributed by atoms with Crippen LogP contribution in [-0.4, -0.2) is 11.8 Å². The third kappa shape index (κ3) is 5.19. The summed E-state index contributed by atoms with van der Waals surface area (Å²) in [5, 5.41) is 4.78. The highest BCUT2D eigenvalue weighted by atomic mass is 35.5. The molecular formula is C18H28ClNS. The molecule has 0 radical (unpaired) electrons. The van der Waals surface area contributed by atoms with Crippen molar-refractivity contribution in [3.63, 3.8) is 0 Å². The zero-order valence-electron chi connectivity index (χ0n) is 13.7. The minimum absolute atomic E-state index is 0.461. The van der Waals surface area contributed by atoms with E-state index in [2.05, 4.69) is 45.1 Å². The maximum absolute atomic E-state index is 6.21. The lowest BCUT2D eigenvalue weighted by molar-refractivity contribution is 0.322. The van der Waals surface area contributed by atoms with Gasteiger partial charge in [0.25, 0.3) is 0 Å². The SMILES string of the molecule is CC(C)CC(CC(C)C)NC1CCSc2ccc(Cl)cc21. The Morgan fingerprint density at radius 3 is 2.48 bits per heavy atom. The van der Waals surface area contributed by atoms with Crippen LogP contribution in [0.2, 0.25) is 5.02 Å². The molecule has 1 aromatic carbocycles. The maximum Gasteiger partial charge on any atom is 0.0410 e. The Labute approximate surface area is 139 Å². The molecule has 1 aliphatic rings. The summed E-state index contributed by atoms with van der Waals surface area (Å²) < 4.78 is 0. The van der Waals surface area contributed by atoms with E-state index in [0.29, 0.717) is 12.1 Å². The molecule has 0 saturated carbocycles. The van der Waals surface area contributed by atoms with Crippen molar-refractivity contribution >= 4 is 23.4 Å². The second-order valence-electron chi connectivity index (χ2n) is 6.99. The molecule has 2 rings (SSSR count). The van der Waals surface area contributed by atoms with Gasteiger partial charge in [-0.3, -0.25) is 0 Å². The Morgan fingerprint density at radius 2 is 1.86 bits per heavy atom. The third-order valence-corrected chi connectivity index (χ3v) is 5.32. The number of thioether (sulfide) groups is 1. The summed E-state index contributed by atoms with van der Waals surface area (Å²) in [4.78, 5) is 1.40. The second kappa shape index (κ2) is 7.89. The highest BCUT2D eigenvalue weighted by molar-refractivity contribution is 7.99. The fourth-order valence-electron chi connectivity index (χ4n) is 3.19. The minimum Gasteiger partial charge on any atom is -0.307 e. The fraction of sp³-hybridized carbons (Fsp3) is 0.667. The molecule has 0 bridgehead atoms. The number of halogens is 1. The van der Waals surface area contributed by atoms with Crippen molar-refractivity contribution in [1.82, 2.24) is 5.32 Å². The molecule has 0 aromatic heterocycles. The van der Waals surface area contributed by atoms with Gasteiger partial charge < -0.3 is 5.32 Å². The molecular weight excluding hydrogens is 298 g/mol. The minimum atomic E-state index is 0.461. The molecule has 118 valence electrons. The van der Waals surface area contributed by atoms with Crippen molar-refractivity contribution in [3.05, 3.63) is 28.8 Å². The van der Waals surface area contributed by atoms with Crippen LogP contribution in [0.1, 0.15) is 58.6 Å². The van der Waals surface area contributed by atoms with Gasteiger partial charge in [0.1, 0.15) is 0 Å². The molecule has 0 amide bonds. The zero-order valence-corrected chi connectivity index (χ0v) is 15.2. The molecule has 0 fully saturated rings. The predicted octanol–water partition coefficient (Wildman–Crippen LogP) is 5.93. The van der Waals surface area contributed by atoms with E-state index >= 15 is 0 Å². The molecule has 21 heavy (non-hydrogen) atoms. The Kier molecular flexibility index (Phi) is 6.46. The topological polar surface area (TPSA) is 12.0 Å². The summed E-state index contributed by atoms with van der Waals surface area (Å²) in [6.45, 7) is 9.26. The summed E-state index contributed by atoms with van der Waals surface area (Å²) in [6, 6.07) is 7.40. The molecule has 1 unspecified atom stereocenters. The molecule has 1 aliphatic heterocycles. The lowest BCUT2D eigenvalue weighted by Gasteiger charge is -2.32. The van der Waals surface area contributed by atoms with Crippen LogP contribution in [0.4, 0.5) is 0 Å². The first-order valence-corrected chi connectivity index (χ1v) is 9.50. The standard InChI is InChI=1S/C18H28ClNS/c1-12(2)9-15(10-13(3)4)20-17-7-8-21-18-6-5-14(19)11-16(17)18/h5-6,11-13,15,17,20H,7-10H2,1-4H3. The number of hydrogen-bond donors (Lipinski definition) is 1. The summed E-state index contributed by atoms with van der Waals surface area (Å²) in [5.74, 6) is 2.67. The van der Waals surface area contributed by atoms with E-state index in [1.54, 1.807) is 0 Å². The van der Waals surface area contributed by atoms with Crippen molar-refractivity contribution in [1.29, 1.82) is 0 Å². The molecule has 0 saturated heterocycles. The number of rotatable bonds is 6.